The summed E-state index contributed by atoms with van der Waals surface area (Å²) in [5.74, 6) is 2.31. The summed E-state index contributed by atoms with van der Waals surface area (Å²) in [7, 11) is 3.25. The van der Waals surface area contributed by atoms with Crippen molar-refractivity contribution in [1.82, 2.24) is 0 Å². The van der Waals surface area contributed by atoms with E-state index in [9.17, 15) is 0 Å². The fourth-order valence-electron chi connectivity index (χ4n) is 1.91. The number of hydrogen-bond acceptors (Lipinski definition) is 3. The fraction of sp³-hybridized carbons (Fsp3) is 0.250. The predicted molar refractivity (Wildman–Crippen MR) is 82.8 cm³/mol. The molecule has 0 aliphatic rings. The van der Waals surface area contributed by atoms with Crippen molar-refractivity contribution in [1.29, 1.82) is 0 Å². The van der Waals surface area contributed by atoms with Crippen molar-refractivity contribution in [2.75, 3.05) is 14.2 Å². The highest BCUT2D eigenvalue weighted by molar-refractivity contribution is 9.10. The van der Waals surface area contributed by atoms with E-state index in [2.05, 4.69) is 15.9 Å². The van der Waals surface area contributed by atoms with Crippen LogP contribution in [0.1, 0.15) is 11.1 Å². The molecular weight excluding hydrogens is 320 g/mol. The van der Waals surface area contributed by atoms with Gasteiger partial charge in [-0.2, -0.15) is 0 Å². The largest absolute Gasteiger partial charge is 0.493 e. The molecule has 0 bridgehead atoms. The van der Waals surface area contributed by atoms with Crippen LogP contribution in [0.2, 0.25) is 0 Å². The second-order valence-corrected chi connectivity index (χ2v) is 5.30. The SMILES string of the molecule is COc1ccc(COc2ccc(Br)cc2C)cc1OC. The van der Waals surface area contributed by atoms with Crippen LogP contribution in [-0.2, 0) is 6.61 Å². The molecule has 0 fully saturated rings. The van der Waals surface area contributed by atoms with Crippen molar-refractivity contribution in [3.63, 3.8) is 0 Å². The highest BCUT2D eigenvalue weighted by Crippen LogP contribution is 2.28. The standard InChI is InChI=1S/C16H17BrO3/c1-11-8-13(17)5-7-14(11)20-10-12-4-6-15(18-2)16(9-12)19-3/h4-9H,10H2,1-3H3. The lowest BCUT2D eigenvalue weighted by Crippen LogP contribution is -1.98. The number of halogens is 1. The van der Waals surface area contributed by atoms with E-state index in [-0.39, 0.29) is 0 Å². The van der Waals surface area contributed by atoms with Crippen LogP contribution in [0.15, 0.2) is 40.9 Å². The zero-order valence-electron chi connectivity index (χ0n) is 11.8. The predicted octanol–water partition coefficient (Wildman–Crippen LogP) is 4.35. The zero-order chi connectivity index (χ0) is 14.5. The van der Waals surface area contributed by atoms with E-state index in [0.29, 0.717) is 12.4 Å². The quantitative estimate of drug-likeness (QED) is 0.812. The van der Waals surface area contributed by atoms with Crippen LogP contribution in [0.25, 0.3) is 0 Å². The first-order valence-corrected chi connectivity index (χ1v) is 7.03. The normalized spacial score (nSPS) is 10.2. The molecule has 2 aromatic rings. The molecule has 106 valence electrons. The van der Waals surface area contributed by atoms with Crippen molar-refractivity contribution in [2.24, 2.45) is 0 Å². The molecule has 0 amide bonds. The Morgan fingerprint density at radius 2 is 1.60 bits per heavy atom. The summed E-state index contributed by atoms with van der Waals surface area (Å²) in [5, 5.41) is 0. The summed E-state index contributed by atoms with van der Waals surface area (Å²) < 4.78 is 17.4. The monoisotopic (exact) mass is 336 g/mol. The Balaban J connectivity index is 2.10. The van der Waals surface area contributed by atoms with Gasteiger partial charge in [-0.1, -0.05) is 22.0 Å². The molecule has 3 nitrogen and oxygen atoms in total. The Morgan fingerprint density at radius 1 is 0.900 bits per heavy atom. The number of benzene rings is 2. The van der Waals surface area contributed by atoms with Crippen molar-refractivity contribution >= 4 is 15.9 Å². The summed E-state index contributed by atoms with van der Waals surface area (Å²) >= 11 is 3.44. The lowest BCUT2D eigenvalue weighted by molar-refractivity contribution is 0.301. The van der Waals surface area contributed by atoms with Gasteiger partial charge in [0, 0.05) is 4.47 Å². The minimum Gasteiger partial charge on any atom is -0.493 e. The van der Waals surface area contributed by atoms with Crippen molar-refractivity contribution in [3.05, 3.63) is 52.0 Å². The topological polar surface area (TPSA) is 27.7 Å². The Morgan fingerprint density at radius 3 is 2.25 bits per heavy atom. The van der Waals surface area contributed by atoms with Gasteiger partial charge >= 0.3 is 0 Å². The summed E-state index contributed by atoms with van der Waals surface area (Å²) in [6.45, 7) is 2.51. The first-order valence-electron chi connectivity index (χ1n) is 6.24. The highest BCUT2D eigenvalue weighted by Gasteiger charge is 2.06. The van der Waals surface area contributed by atoms with Gasteiger partial charge in [-0.15, -0.1) is 0 Å². The average Bonchev–Trinajstić information content (AvgIpc) is 2.46. The molecule has 4 heteroatoms. The average molecular weight is 337 g/mol. The first-order chi connectivity index (χ1) is 9.63. The van der Waals surface area contributed by atoms with Crippen molar-refractivity contribution in [2.45, 2.75) is 13.5 Å². The van der Waals surface area contributed by atoms with Gasteiger partial charge in [-0.3, -0.25) is 0 Å². The van der Waals surface area contributed by atoms with E-state index in [0.717, 1.165) is 27.1 Å². The maximum atomic E-state index is 5.83. The minimum absolute atomic E-state index is 0.489. The van der Waals surface area contributed by atoms with E-state index >= 15 is 0 Å². The lowest BCUT2D eigenvalue weighted by atomic mass is 10.2. The van der Waals surface area contributed by atoms with E-state index in [4.69, 9.17) is 14.2 Å². The van der Waals surface area contributed by atoms with E-state index in [1.54, 1.807) is 14.2 Å². The number of methoxy groups -OCH3 is 2. The number of ether oxygens (including phenoxy) is 3. The van der Waals surface area contributed by atoms with Crippen LogP contribution in [0.3, 0.4) is 0 Å². The van der Waals surface area contributed by atoms with Crippen molar-refractivity contribution < 1.29 is 14.2 Å². The summed E-state index contributed by atoms with van der Waals surface area (Å²) in [6.07, 6.45) is 0. The van der Waals surface area contributed by atoms with Crippen LogP contribution >= 0.6 is 15.9 Å². The smallest absolute Gasteiger partial charge is 0.161 e. The second kappa shape index (κ2) is 6.66. The van der Waals surface area contributed by atoms with Gasteiger partial charge in [0.05, 0.1) is 14.2 Å². The second-order valence-electron chi connectivity index (χ2n) is 4.39. The summed E-state index contributed by atoms with van der Waals surface area (Å²) in [4.78, 5) is 0. The van der Waals surface area contributed by atoms with Gasteiger partial charge in [-0.25, -0.2) is 0 Å². The van der Waals surface area contributed by atoms with Crippen LogP contribution in [0.5, 0.6) is 17.2 Å². The lowest BCUT2D eigenvalue weighted by Gasteiger charge is -2.12. The van der Waals surface area contributed by atoms with Gasteiger partial charge in [0.1, 0.15) is 12.4 Å². The molecule has 0 spiro atoms. The molecule has 0 N–H and O–H groups in total. The molecular formula is C16H17BrO3. The third-order valence-corrected chi connectivity index (χ3v) is 3.47. The highest BCUT2D eigenvalue weighted by atomic mass is 79.9. The summed E-state index contributed by atoms with van der Waals surface area (Å²) in [5.41, 5.74) is 2.13. The van der Waals surface area contributed by atoms with E-state index in [1.807, 2.05) is 43.3 Å². The van der Waals surface area contributed by atoms with Gasteiger partial charge in [-0.05, 0) is 48.4 Å². The molecule has 0 heterocycles. The molecule has 2 aromatic carbocycles. The molecule has 0 radical (unpaired) electrons. The van der Waals surface area contributed by atoms with Gasteiger partial charge < -0.3 is 14.2 Å². The van der Waals surface area contributed by atoms with Crippen LogP contribution in [0, 0.1) is 6.92 Å². The molecule has 0 unspecified atom stereocenters. The zero-order valence-corrected chi connectivity index (χ0v) is 13.4. The van der Waals surface area contributed by atoms with E-state index in [1.165, 1.54) is 0 Å². The number of rotatable bonds is 5. The van der Waals surface area contributed by atoms with E-state index < -0.39 is 0 Å². The van der Waals surface area contributed by atoms with Gasteiger partial charge in [0.25, 0.3) is 0 Å². The molecule has 2 rings (SSSR count). The molecule has 0 saturated carbocycles. The molecule has 0 atom stereocenters. The Bertz CT molecular complexity index is 596. The molecule has 20 heavy (non-hydrogen) atoms. The third kappa shape index (κ3) is 3.45. The minimum atomic E-state index is 0.489. The number of hydrogen-bond donors (Lipinski definition) is 0. The van der Waals surface area contributed by atoms with Gasteiger partial charge in [0.15, 0.2) is 11.5 Å². The molecule has 0 saturated heterocycles. The Hall–Kier alpha value is -1.68. The molecule has 0 aliphatic heterocycles. The maximum Gasteiger partial charge on any atom is 0.161 e. The third-order valence-electron chi connectivity index (χ3n) is 2.98. The Kier molecular flexibility index (Phi) is 4.90. The van der Waals surface area contributed by atoms with Crippen LogP contribution < -0.4 is 14.2 Å². The molecule has 0 aliphatic carbocycles. The first kappa shape index (κ1) is 14.7. The number of aryl methyl sites for hydroxylation is 1. The maximum absolute atomic E-state index is 5.83. The van der Waals surface area contributed by atoms with Crippen LogP contribution in [-0.4, -0.2) is 14.2 Å². The Labute approximate surface area is 127 Å². The van der Waals surface area contributed by atoms with Gasteiger partial charge in [0.2, 0.25) is 0 Å². The van der Waals surface area contributed by atoms with Crippen LogP contribution in [0.4, 0.5) is 0 Å². The fourth-order valence-corrected chi connectivity index (χ4v) is 2.38. The molecule has 0 aromatic heterocycles. The van der Waals surface area contributed by atoms with Crippen molar-refractivity contribution in [3.8, 4) is 17.2 Å². The summed E-state index contributed by atoms with van der Waals surface area (Å²) in [6, 6.07) is 11.7.